The van der Waals surface area contributed by atoms with E-state index >= 15 is 0 Å². The third-order valence-electron chi connectivity index (χ3n) is 3.06. The molecule has 0 aliphatic heterocycles. The average Bonchev–Trinajstić information content (AvgIpc) is 2.98. The fourth-order valence-corrected chi connectivity index (χ4v) is 2.76. The van der Waals surface area contributed by atoms with Crippen molar-refractivity contribution in [3.8, 4) is 0 Å². The van der Waals surface area contributed by atoms with E-state index in [0.717, 1.165) is 10.7 Å². The number of thiazole rings is 1. The van der Waals surface area contributed by atoms with Crippen molar-refractivity contribution in [1.29, 1.82) is 0 Å². The van der Waals surface area contributed by atoms with Crippen molar-refractivity contribution >= 4 is 17.3 Å². The Morgan fingerprint density at radius 1 is 1.43 bits per heavy atom. The van der Waals surface area contributed by atoms with Crippen LogP contribution in [-0.4, -0.2) is 32.6 Å². The number of esters is 1. The summed E-state index contributed by atoms with van der Waals surface area (Å²) in [5.74, 6) is -0.434. The lowest BCUT2D eigenvalue weighted by atomic mass is 9.93. The third kappa shape index (κ3) is 3.47. The normalized spacial score (nSPS) is 11.7. The molecule has 2 heterocycles. The minimum absolute atomic E-state index is 0.0300. The van der Waals surface area contributed by atoms with Crippen LogP contribution in [0.2, 0.25) is 0 Å². The van der Waals surface area contributed by atoms with Gasteiger partial charge in [-0.05, 0) is 13.8 Å². The van der Waals surface area contributed by atoms with Gasteiger partial charge in [-0.3, -0.25) is 0 Å². The van der Waals surface area contributed by atoms with Crippen LogP contribution in [0.15, 0.2) is 5.38 Å². The number of hydrogen-bond acceptors (Lipinski definition) is 6. The van der Waals surface area contributed by atoms with E-state index in [1.165, 1.54) is 0 Å². The van der Waals surface area contributed by atoms with Crippen LogP contribution < -0.4 is 0 Å². The molecule has 0 saturated carbocycles. The van der Waals surface area contributed by atoms with Crippen molar-refractivity contribution in [2.75, 3.05) is 6.61 Å². The Bertz CT molecular complexity index is 640. The zero-order chi connectivity index (χ0) is 15.6. The van der Waals surface area contributed by atoms with Gasteiger partial charge in [-0.15, -0.1) is 16.4 Å². The summed E-state index contributed by atoms with van der Waals surface area (Å²) in [6.07, 6.45) is 0. The van der Waals surface area contributed by atoms with Crippen molar-refractivity contribution < 1.29 is 9.53 Å². The second-order valence-electron chi connectivity index (χ2n) is 5.78. The van der Waals surface area contributed by atoms with Crippen LogP contribution in [0.5, 0.6) is 0 Å². The van der Waals surface area contributed by atoms with Gasteiger partial charge in [-0.1, -0.05) is 26.0 Å². The Hall–Kier alpha value is -1.76. The third-order valence-corrected chi connectivity index (χ3v) is 3.89. The molecule has 2 aromatic rings. The van der Waals surface area contributed by atoms with E-state index in [1.807, 2.05) is 6.92 Å². The van der Waals surface area contributed by atoms with Gasteiger partial charge in [-0.2, -0.15) is 0 Å². The van der Waals surface area contributed by atoms with E-state index in [0.29, 0.717) is 18.8 Å². The Morgan fingerprint density at radius 3 is 2.71 bits per heavy atom. The van der Waals surface area contributed by atoms with E-state index in [4.69, 9.17) is 4.74 Å². The van der Waals surface area contributed by atoms with E-state index < -0.39 is 5.97 Å². The molecule has 7 heteroatoms. The second kappa shape index (κ2) is 5.93. The maximum Gasteiger partial charge on any atom is 0.360 e. The van der Waals surface area contributed by atoms with Gasteiger partial charge in [0.15, 0.2) is 5.69 Å². The van der Waals surface area contributed by atoms with Crippen LogP contribution in [-0.2, 0) is 16.7 Å². The lowest BCUT2D eigenvalue weighted by Gasteiger charge is -2.14. The highest BCUT2D eigenvalue weighted by Gasteiger charge is 2.20. The van der Waals surface area contributed by atoms with Gasteiger partial charge < -0.3 is 4.74 Å². The molecule has 0 fully saturated rings. The minimum Gasteiger partial charge on any atom is -0.461 e. The lowest BCUT2D eigenvalue weighted by molar-refractivity contribution is 0.0518. The first kappa shape index (κ1) is 15.6. The largest absolute Gasteiger partial charge is 0.461 e. The number of aromatic nitrogens is 4. The van der Waals surface area contributed by atoms with Crippen molar-refractivity contribution in [3.63, 3.8) is 0 Å². The van der Waals surface area contributed by atoms with E-state index in [2.05, 4.69) is 41.4 Å². The predicted molar refractivity (Wildman–Crippen MR) is 80.6 cm³/mol. The van der Waals surface area contributed by atoms with Gasteiger partial charge in [0, 0.05) is 10.8 Å². The monoisotopic (exact) mass is 308 g/mol. The quantitative estimate of drug-likeness (QED) is 0.812. The Morgan fingerprint density at radius 2 is 2.14 bits per heavy atom. The van der Waals surface area contributed by atoms with Crippen LogP contribution in [0.3, 0.4) is 0 Å². The molecule has 0 bridgehead atoms. The summed E-state index contributed by atoms with van der Waals surface area (Å²) in [4.78, 5) is 16.3. The molecule has 0 amide bonds. The van der Waals surface area contributed by atoms with Crippen LogP contribution in [0.1, 0.15) is 54.6 Å². The molecule has 114 valence electrons. The van der Waals surface area contributed by atoms with Gasteiger partial charge >= 0.3 is 5.97 Å². The molecule has 0 aromatic carbocycles. The summed E-state index contributed by atoms with van der Waals surface area (Å²) >= 11 is 1.59. The van der Waals surface area contributed by atoms with Gasteiger partial charge in [0.25, 0.3) is 0 Å². The number of nitrogens with zero attached hydrogens (tertiary/aromatic N) is 4. The Balaban J connectivity index is 2.17. The molecule has 2 aromatic heterocycles. The van der Waals surface area contributed by atoms with E-state index in [-0.39, 0.29) is 11.1 Å². The number of ether oxygens (including phenoxy) is 1. The number of carbonyl (C=O) groups is 1. The van der Waals surface area contributed by atoms with Crippen LogP contribution in [0, 0.1) is 6.92 Å². The highest BCUT2D eigenvalue weighted by atomic mass is 32.1. The maximum absolute atomic E-state index is 11.7. The molecule has 2 rings (SSSR count). The summed E-state index contributed by atoms with van der Waals surface area (Å²) in [5.41, 5.74) is 2.05. The first-order valence-corrected chi connectivity index (χ1v) is 7.73. The minimum atomic E-state index is -0.434. The number of hydrogen-bond donors (Lipinski definition) is 0. The average molecular weight is 308 g/mol. The summed E-state index contributed by atoms with van der Waals surface area (Å²) in [5, 5.41) is 10.9. The molecule has 0 N–H and O–H groups in total. The summed E-state index contributed by atoms with van der Waals surface area (Å²) in [7, 11) is 0. The van der Waals surface area contributed by atoms with Crippen molar-refractivity contribution in [2.24, 2.45) is 0 Å². The fourth-order valence-electron chi connectivity index (χ4n) is 1.75. The SMILES string of the molecule is CCOC(=O)c1nnn(Cc2nc(C(C)(C)C)cs2)c1C. The van der Waals surface area contributed by atoms with E-state index in [1.54, 1.807) is 22.9 Å². The van der Waals surface area contributed by atoms with Crippen LogP contribution in [0.4, 0.5) is 0 Å². The Labute approximate surface area is 128 Å². The molecule has 6 nitrogen and oxygen atoms in total. The van der Waals surface area contributed by atoms with Gasteiger partial charge in [0.1, 0.15) is 5.01 Å². The van der Waals surface area contributed by atoms with Gasteiger partial charge in [0.05, 0.1) is 24.5 Å². The molecule has 0 saturated heterocycles. The van der Waals surface area contributed by atoms with Gasteiger partial charge in [0.2, 0.25) is 0 Å². The number of carbonyl (C=O) groups excluding carboxylic acids is 1. The summed E-state index contributed by atoms with van der Waals surface area (Å²) in [6, 6.07) is 0. The maximum atomic E-state index is 11.7. The molecule has 0 spiro atoms. The van der Waals surface area contributed by atoms with Crippen LogP contribution >= 0.6 is 11.3 Å². The molecular weight excluding hydrogens is 288 g/mol. The molecule has 0 radical (unpaired) electrons. The number of rotatable bonds is 4. The molecule has 0 unspecified atom stereocenters. The van der Waals surface area contributed by atoms with Crippen molar-refractivity contribution in [3.05, 3.63) is 27.5 Å². The molecule has 21 heavy (non-hydrogen) atoms. The molecule has 0 aliphatic carbocycles. The Kier molecular flexibility index (Phi) is 4.41. The van der Waals surface area contributed by atoms with Crippen molar-refractivity contribution in [1.82, 2.24) is 20.0 Å². The summed E-state index contributed by atoms with van der Waals surface area (Å²) < 4.78 is 6.63. The molecule has 0 aliphatic rings. The molecule has 0 atom stereocenters. The van der Waals surface area contributed by atoms with E-state index in [9.17, 15) is 4.79 Å². The first-order valence-electron chi connectivity index (χ1n) is 6.85. The highest BCUT2D eigenvalue weighted by Crippen LogP contribution is 2.24. The predicted octanol–water partition coefficient (Wildman–Crippen LogP) is 2.57. The second-order valence-corrected chi connectivity index (χ2v) is 6.72. The first-order chi connectivity index (χ1) is 9.82. The fraction of sp³-hybridized carbons (Fsp3) is 0.571. The molecular formula is C14H20N4O2S. The highest BCUT2D eigenvalue weighted by molar-refractivity contribution is 7.09. The topological polar surface area (TPSA) is 69.9 Å². The zero-order valence-electron chi connectivity index (χ0n) is 13.0. The van der Waals surface area contributed by atoms with Crippen molar-refractivity contribution in [2.45, 2.75) is 46.6 Å². The standard InChI is InChI=1S/C14H20N4O2S/c1-6-20-13(19)12-9(2)18(17-16-12)7-11-15-10(8-21-11)14(3,4)5/h8H,6-7H2,1-5H3. The lowest BCUT2D eigenvalue weighted by Crippen LogP contribution is -2.12. The smallest absolute Gasteiger partial charge is 0.360 e. The zero-order valence-corrected chi connectivity index (χ0v) is 13.8. The summed E-state index contributed by atoms with van der Waals surface area (Å²) in [6.45, 7) is 10.8. The van der Waals surface area contributed by atoms with Crippen LogP contribution in [0.25, 0.3) is 0 Å². The van der Waals surface area contributed by atoms with Gasteiger partial charge in [-0.25, -0.2) is 14.5 Å².